The van der Waals surface area contributed by atoms with Crippen LogP contribution >= 0.6 is 0 Å². The number of hydrogen-bond donors (Lipinski definition) is 7. The van der Waals surface area contributed by atoms with Gasteiger partial charge >= 0.3 is 0 Å². The van der Waals surface area contributed by atoms with E-state index in [0.29, 0.717) is 24.2 Å². The van der Waals surface area contributed by atoms with Crippen LogP contribution in [-0.4, -0.2) is 81.8 Å². The van der Waals surface area contributed by atoms with Crippen LogP contribution in [0.4, 0.5) is 0 Å². The summed E-state index contributed by atoms with van der Waals surface area (Å²) in [5.74, 6) is -1.68. The Bertz CT molecular complexity index is 1210. The number of amides is 3. The summed E-state index contributed by atoms with van der Waals surface area (Å²) in [7, 11) is 0. The molecule has 0 aromatic heterocycles. The number of aromatic hydroxyl groups is 2. The van der Waals surface area contributed by atoms with Gasteiger partial charge in [-0.2, -0.15) is 0 Å². The molecule has 0 aliphatic carbocycles. The van der Waals surface area contributed by atoms with E-state index in [1.54, 1.807) is 29.2 Å². The van der Waals surface area contributed by atoms with Crippen molar-refractivity contribution in [2.45, 2.75) is 62.8 Å². The van der Waals surface area contributed by atoms with Crippen molar-refractivity contribution < 1.29 is 29.7 Å². The third-order valence-corrected chi connectivity index (χ3v) is 7.39. The zero-order valence-corrected chi connectivity index (χ0v) is 21.8. The van der Waals surface area contributed by atoms with Crippen LogP contribution in [-0.2, 0) is 27.2 Å². The highest BCUT2D eigenvalue weighted by atomic mass is 16.3. The lowest BCUT2D eigenvalue weighted by Crippen LogP contribution is -2.58. The van der Waals surface area contributed by atoms with Crippen LogP contribution in [0.1, 0.15) is 36.8 Å². The van der Waals surface area contributed by atoms with Gasteiger partial charge in [0.2, 0.25) is 17.7 Å². The minimum Gasteiger partial charge on any atom is -0.508 e. The molecular formula is C28H37N5O6. The van der Waals surface area contributed by atoms with Gasteiger partial charge < -0.3 is 42.3 Å². The number of nitrogens with two attached hydrogens (primary N) is 2. The van der Waals surface area contributed by atoms with Crippen LogP contribution in [0.5, 0.6) is 11.5 Å². The van der Waals surface area contributed by atoms with Gasteiger partial charge in [-0.3, -0.25) is 14.4 Å². The van der Waals surface area contributed by atoms with Gasteiger partial charge in [-0.1, -0.05) is 12.1 Å². The summed E-state index contributed by atoms with van der Waals surface area (Å²) in [5, 5.41) is 36.7. The Morgan fingerprint density at radius 3 is 2.10 bits per heavy atom. The summed E-state index contributed by atoms with van der Waals surface area (Å²) in [6, 6.07) is 6.56. The van der Waals surface area contributed by atoms with Crippen molar-refractivity contribution in [2.24, 2.45) is 11.5 Å². The second-order valence-corrected chi connectivity index (χ2v) is 10.3. The van der Waals surface area contributed by atoms with Gasteiger partial charge in [-0.05, 0) is 65.8 Å². The van der Waals surface area contributed by atoms with Crippen molar-refractivity contribution in [2.75, 3.05) is 19.6 Å². The first-order valence-corrected chi connectivity index (χ1v) is 13.3. The highest BCUT2D eigenvalue weighted by molar-refractivity contribution is 5.93. The molecule has 2 aromatic rings. The van der Waals surface area contributed by atoms with E-state index in [1.165, 1.54) is 12.1 Å². The van der Waals surface area contributed by atoms with Crippen LogP contribution in [0.25, 0.3) is 11.1 Å². The highest BCUT2D eigenvalue weighted by Crippen LogP contribution is 2.31. The molecule has 11 nitrogen and oxygen atoms in total. The molecule has 0 spiro atoms. The number of carbonyl (C=O) groups is 3. The van der Waals surface area contributed by atoms with Gasteiger partial charge in [0.15, 0.2) is 0 Å². The number of nitrogens with zero attached hydrogens (tertiary/aromatic N) is 1. The fraction of sp³-hybridized carbons (Fsp3) is 0.464. The molecule has 210 valence electrons. The first-order chi connectivity index (χ1) is 18.7. The number of piperidine rings is 1. The normalized spacial score (nSPS) is 23.2. The molecular weight excluding hydrogens is 502 g/mol. The molecule has 4 rings (SSSR count). The van der Waals surface area contributed by atoms with E-state index in [4.69, 9.17) is 11.5 Å². The molecule has 3 amide bonds. The summed E-state index contributed by atoms with van der Waals surface area (Å²) in [5.41, 5.74) is 14.0. The van der Waals surface area contributed by atoms with Crippen molar-refractivity contribution in [3.8, 4) is 22.6 Å². The molecule has 1 fully saturated rings. The van der Waals surface area contributed by atoms with Crippen LogP contribution in [0.3, 0.4) is 0 Å². The molecule has 39 heavy (non-hydrogen) atoms. The average molecular weight is 540 g/mol. The lowest BCUT2D eigenvalue weighted by Gasteiger charge is -2.32. The smallest absolute Gasteiger partial charge is 0.245 e. The largest absolute Gasteiger partial charge is 0.508 e. The number of fused-ring (bicyclic) bond motifs is 5. The number of aliphatic hydroxyl groups excluding tert-OH is 1. The van der Waals surface area contributed by atoms with Gasteiger partial charge in [0.1, 0.15) is 23.6 Å². The van der Waals surface area contributed by atoms with E-state index < -0.39 is 36.0 Å². The minimum absolute atomic E-state index is 0.00527. The highest BCUT2D eigenvalue weighted by Gasteiger charge is 2.33. The Morgan fingerprint density at radius 2 is 1.51 bits per heavy atom. The van der Waals surface area contributed by atoms with E-state index in [2.05, 4.69) is 10.6 Å². The molecule has 0 unspecified atom stereocenters. The third-order valence-electron chi connectivity index (χ3n) is 7.39. The molecule has 4 bridgehead atoms. The maximum absolute atomic E-state index is 13.6. The Kier molecular flexibility index (Phi) is 9.05. The van der Waals surface area contributed by atoms with E-state index in [1.807, 2.05) is 0 Å². The molecule has 4 atom stereocenters. The van der Waals surface area contributed by atoms with Crippen molar-refractivity contribution >= 4 is 17.7 Å². The SMILES string of the molecule is NC[C@H](O)C[C@@H]1NC(=O)[C@@H](N)Cc2cc(ccc2O)-c2ccc(O)c(c2)C[C@@H](C(=O)N2CCCCC2)NC1=O. The zero-order valence-electron chi connectivity index (χ0n) is 21.8. The summed E-state index contributed by atoms with van der Waals surface area (Å²) in [6.45, 7) is 0.992. The minimum atomic E-state index is -1.22. The number of likely N-dealkylation sites (tertiary alicyclic amines) is 1. The van der Waals surface area contributed by atoms with Crippen molar-refractivity contribution in [3.05, 3.63) is 47.5 Å². The number of hydrogen-bond acceptors (Lipinski definition) is 8. The van der Waals surface area contributed by atoms with Crippen LogP contribution in [0.15, 0.2) is 36.4 Å². The van der Waals surface area contributed by atoms with Gasteiger partial charge in [0.25, 0.3) is 0 Å². The molecule has 0 saturated carbocycles. The molecule has 2 aromatic carbocycles. The van der Waals surface area contributed by atoms with Gasteiger partial charge in [0.05, 0.1) is 12.1 Å². The maximum Gasteiger partial charge on any atom is 0.245 e. The molecule has 2 heterocycles. The predicted octanol–water partition coefficient (Wildman–Crippen LogP) is -0.117. The van der Waals surface area contributed by atoms with E-state index in [0.717, 1.165) is 30.4 Å². The van der Waals surface area contributed by atoms with E-state index >= 15 is 0 Å². The van der Waals surface area contributed by atoms with Crippen molar-refractivity contribution in [3.63, 3.8) is 0 Å². The lowest BCUT2D eigenvalue weighted by molar-refractivity contribution is -0.138. The fourth-order valence-corrected chi connectivity index (χ4v) is 5.09. The quantitative estimate of drug-likeness (QED) is 0.280. The predicted molar refractivity (Wildman–Crippen MR) is 145 cm³/mol. The third kappa shape index (κ3) is 6.86. The van der Waals surface area contributed by atoms with Gasteiger partial charge in [-0.15, -0.1) is 0 Å². The van der Waals surface area contributed by atoms with Gasteiger partial charge in [-0.25, -0.2) is 0 Å². The van der Waals surface area contributed by atoms with Crippen LogP contribution in [0.2, 0.25) is 0 Å². The standard InChI is InChI=1S/C28H37N5O6/c29-15-20(34)14-22-27(38)32-23(28(39)33-8-2-1-3-9-33)13-19-11-17(5-7-25(19)36)16-4-6-24(35)18(10-16)12-21(30)26(37)31-22/h4-7,10-11,20-23,34-36H,1-3,8-9,12-15,29-30H2,(H,31,37)(H,32,38)/t20-,21+,22+,23+/m1/s1. The molecule has 2 aliphatic rings. The first-order valence-electron chi connectivity index (χ1n) is 13.3. The maximum atomic E-state index is 13.6. The number of carbonyl (C=O) groups excluding carboxylic acids is 3. The monoisotopic (exact) mass is 539 g/mol. The molecule has 0 radical (unpaired) electrons. The molecule has 9 N–H and O–H groups in total. The topological polar surface area (TPSA) is 191 Å². The molecule has 1 saturated heterocycles. The number of phenolic OH excluding ortho intramolecular Hbond substituents is 2. The molecule has 11 heteroatoms. The Hall–Kier alpha value is -3.67. The number of aliphatic hydroxyl groups is 1. The number of rotatable bonds is 4. The summed E-state index contributed by atoms with van der Waals surface area (Å²) < 4.78 is 0. The van der Waals surface area contributed by atoms with Crippen molar-refractivity contribution in [1.29, 1.82) is 0 Å². The fourth-order valence-electron chi connectivity index (χ4n) is 5.09. The molecule has 2 aliphatic heterocycles. The summed E-state index contributed by atoms with van der Waals surface area (Å²) in [4.78, 5) is 41.8. The Balaban J connectivity index is 1.78. The van der Waals surface area contributed by atoms with E-state index in [9.17, 15) is 29.7 Å². The van der Waals surface area contributed by atoms with E-state index in [-0.39, 0.29) is 43.2 Å². The second kappa shape index (κ2) is 12.5. The summed E-state index contributed by atoms with van der Waals surface area (Å²) >= 11 is 0. The summed E-state index contributed by atoms with van der Waals surface area (Å²) in [6.07, 6.45) is 1.45. The van der Waals surface area contributed by atoms with Crippen LogP contribution in [0, 0.1) is 0 Å². The lowest BCUT2D eigenvalue weighted by atomic mass is 9.95. The number of phenols is 2. The van der Waals surface area contributed by atoms with Gasteiger partial charge in [0, 0.05) is 38.9 Å². The second-order valence-electron chi connectivity index (χ2n) is 10.3. The first kappa shape index (κ1) is 28.3. The Labute approximate surface area is 227 Å². The average Bonchev–Trinajstić information content (AvgIpc) is 2.94. The Morgan fingerprint density at radius 1 is 0.923 bits per heavy atom. The zero-order chi connectivity index (χ0) is 28.1. The van der Waals surface area contributed by atoms with Crippen LogP contribution < -0.4 is 22.1 Å². The number of nitrogens with one attached hydrogen (secondary N) is 2. The number of benzene rings is 2. The van der Waals surface area contributed by atoms with Crippen molar-refractivity contribution in [1.82, 2.24) is 15.5 Å².